The number of hydrogen-bond acceptors (Lipinski definition) is 3. The van der Waals surface area contributed by atoms with Crippen LogP contribution in [0.4, 0.5) is 5.69 Å². The summed E-state index contributed by atoms with van der Waals surface area (Å²) < 4.78 is 0. The van der Waals surface area contributed by atoms with Gasteiger partial charge >= 0.3 is 0 Å². The molecule has 1 aromatic rings. The average molecular weight is 262 g/mol. The van der Waals surface area contributed by atoms with Crippen LogP contribution in [0.15, 0.2) is 12.1 Å². The zero-order valence-electron chi connectivity index (χ0n) is 12.1. The number of aldehydes is 1. The Morgan fingerprint density at radius 2 is 1.89 bits per heavy atom. The monoisotopic (exact) mass is 262 g/mol. The van der Waals surface area contributed by atoms with E-state index >= 15 is 0 Å². The zero-order valence-corrected chi connectivity index (χ0v) is 12.1. The maximum absolute atomic E-state index is 12.0. The van der Waals surface area contributed by atoms with Gasteiger partial charge in [0.1, 0.15) is 6.29 Å². The smallest absolute Gasteiger partial charge is 0.238 e. The normalized spacial score (nSPS) is 10.6. The van der Waals surface area contributed by atoms with Crippen molar-refractivity contribution in [2.75, 3.05) is 25.0 Å². The van der Waals surface area contributed by atoms with Gasteiger partial charge in [0.25, 0.3) is 0 Å². The van der Waals surface area contributed by atoms with Crippen molar-refractivity contribution in [3.05, 3.63) is 28.8 Å². The Balaban J connectivity index is 2.87. The lowest BCUT2D eigenvalue weighted by Gasteiger charge is -2.19. The van der Waals surface area contributed by atoms with Crippen LogP contribution >= 0.6 is 0 Å². The molecule has 1 N–H and O–H groups in total. The summed E-state index contributed by atoms with van der Waals surface area (Å²) in [6.07, 6.45) is 0.814. The molecule has 0 fully saturated rings. The lowest BCUT2D eigenvalue weighted by atomic mass is 10.0. The molecule has 1 rings (SSSR count). The Hall–Kier alpha value is -1.68. The number of rotatable bonds is 6. The van der Waals surface area contributed by atoms with Crippen LogP contribution in [-0.2, 0) is 4.79 Å². The molecule has 0 heterocycles. The van der Waals surface area contributed by atoms with Crippen molar-refractivity contribution in [1.29, 1.82) is 0 Å². The summed E-state index contributed by atoms with van der Waals surface area (Å²) in [6, 6.07) is 3.63. The Kier molecular flexibility index (Phi) is 5.70. The van der Waals surface area contributed by atoms with Gasteiger partial charge in [0.2, 0.25) is 5.91 Å². The second-order valence-electron chi connectivity index (χ2n) is 4.60. The molecule has 104 valence electrons. The third kappa shape index (κ3) is 3.89. The minimum absolute atomic E-state index is 0.0436. The van der Waals surface area contributed by atoms with Gasteiger partial charge in [0.15, 0.2) is 0 Å². The predicted octanol–water partition coefficient (Wildman–Crippen LogP) is 2.40. The van der Waals surface area contributed by atoms with Crippen molar-refractivity contribution in [3.8, 4) is 0 Å². The van der Waals surface area contributed by atoms with Gasteiger partial charge in [-0.1, -0.05) is 26.0 Å². The summed E-state index contributed by atoms with van der Waals surface area (Å²) in [4.78, 5) is 25.0. The number of likely N-dealkylation sites (N-methyl/N-ethyl adjacent to an activating group) is 1. The van der Waals surface area contributed by atoms with Crippen LogP contribution in [0.1, 0.15) is 35.3 Å². The van der Waals surface area contributed by atoms with Crippen LogP contribution in [0.3, 0.4) is 0 Å². The van der Waals surface area contributed by atoms with E-state index in [2.05, 4.69) is 5.32 Å². The fourth-order valence-corrected chi connectivity index (χ4v) is 2.01. The molecule has 0 aliphatic rings. The summed E-state index contributed by atoms with van der Waals surface area (Å²) in [5.41, 5.74) is 3.16. The van der Waals surface area contributed by atoms with E-state index in [0.717, 1.165) is 36.2 Å². The summed E-state index contributed by atoms with van der Waals surface area (Å²) in [5, 5.41) is 2.91. The Morgan fingerprint density at radius 1 is 1.26 bits per heavy atom. The van der Waals surface area contributed by atoms with E-state index in [-0.39, 0.29) is 5.91 Å². The first-order valence-corrected chi connectivity index (χ1v) is 6.61. The molecule has 19 heavy (non-hydrogen) atoms. The Morgan fingerprint density at radius 3 is 2.42 bits per heavy atom. The zero-order chi connectivity index (χ0) is 14.4. The van der Waals surface area contributed by atoms with E-state index in [1.165, 1.54) is 0 Å². The Labute approximate surface area is 114 Å². The quantitative estimate of drug-likeness (QED) is 0.801. The highest BCUT2D eigenvalue weighted by atomic mass is 16.2. The van der Waals surface area contributed by atoms with E-state index < -0.39 is 0 Å². The van der Waals surface area contributed by atoms with E-state index in [9.17, 15) is 9.59 Å². The Bertz CT molecular complexity index is 465. The van der Waals surface area contributed by atoms with Crippen LogP contribution in [0.5, 0.6) is 0 Å². The van der Waals surface area contributed by atoms with Gasteiger partial charge in [-0.05, 0) is 38.1 Å². The van der Waals surface area contributed by atoms with Crippen LogP contribution in [-0.4, -0.2) is 36.7 Å². The average Bonchev–Trinajstić information content (AvgIpc) is 2.41. The largest absolute Gasteiger partial charge is 0.324 e. The van der Waals surface area contributed by atoms with Crippen molar-refractivity contribution in [3.63, 3.8) is 0 Å². The molecule has 0 aliphatic carbocycles. The minimum atomic E-state index is -0.0436. The van der Waals surface area contributed by atoms with E-state index in [0.29, 0.717) is 12.1 Å². The van der Waals surface area contributed by atoms with Crippen molar-refractivity contribution in [2.45, 2.75) is 27.7 Å². The molecule has 1 amide bonds. The number of anilines is 1. The van der Waals surface area contributed by atoms with Gasteiger partial charge in [-0.25, -0.2) is 0 Å². The van der Waals surface area contributed by atoms with Crippen molar-refractivity contribution >= 4 is 17.9 Å². The van der Waals surface area contributed by atoms with E-state index in [4.69, 9.17) is 0 Å². The number of nitrogens with one attached hydrogen (secondary N) is 1. The molecule has 0 saturated carbocycles. The number of carbonyl (C=O) groups is 2. The third-order valence-electron chi connectivity index (χ3n) is 3.37. The number of hydrogen-bond donors (Lipinski definition) is 1. The maximum atomic E-state index is 12.0. The molecule has 0 atom stereocenters. The molecule has 0 aromatic heterocycles. The minimum Gasteiger partial charge on any atom is -0.324 e. The second kappa shape index (κ2) is 7.04. The van der Waals surface area contributed by atoms with Gasteiger partial charge < -0.3 is 5.32 Å². The van der Waals surface area contributed by atoms with Crippen molar-refractivity contribution in [2.24, 2.45) is 0 Å². The van der Waals surface area contributed by atoms with Gasteiger partial charge in [0, 0.05) is 11.3 Å². The molecule has 0 bridgehead atoms. The molecular formula is C15H22N2O2. The van der Waals surface area contributed by atoms with Gasteiger partial charge in [0.05, 0.1) is 6.54 Å². The van der Waals surface area contributed by atoms with Gasteiger partial charge in [-0.15, -0.1) is 0 Å². The third-order valence-corrected chi connectivity index (χ3v) is 3.37. The highest BCUT2D eigenvalue weighted by molar-refractivity contribution is 5.95. The molecule has 0 spiro atoms. The fraction of sp³-hybridized carbons (Fsp3) is 0.467. The van der Waals surface area contributed by atoms with Crippen LogP contribution < -0.4 is 5.32 Å². The molecule has 1 aromatic carbocycles. The van der Waals surface area contributed by atoms with Gasteiger partial charge in [-0.3, -0.25) is 14.5 Å². The highest BCUT2D eigenvalue weighted by Crippen LogP contribution is 2.22. The molecule has 0 saturated heterocycles. The first kappa shape index (κ1) is 15.4. The number of benzene rings is 1. The highest BCUT2D eigenvalue weighted by Gasteiger charge is 2.12. The summed E-state index contributed by atoms with van der Waals surface area (Å²) in [5.74, 6) is -0.0436. The molecule has 0 radical (unpaired) electrons. The number of nitrogens with zero attached hydrogens (tertiary/aromatic N) is 1. The van der Waals surface area contributed by atoms with Crippen molar-refractivity contribution < 1.29 is 9.59 Å². The van der Waals surface area contributed by atoms with Crippen LogP contribution in [0.25, 0.3) is 0 Å². The maximum Gasteiger partial charge on any atom is 0.238 e. The lowest BCUT2D eigenvalue weighted by molar-refractivity contribution is -0.117. The number of amides is 1. The number of aryl methyl sites for hydroxylation is 1. The first-order valence-electron chi connectivity index (χ1n) is 6.61. The molecule has 4 nitrogen and oxygen atoms in total. The molecular weight excluding hydrogens is 240 g/mol. The topological polar surface area (TPSA) is 49.4 Å². The fourth-order valence-electron chi connectivity index (χ4n) is 2.01. The van der Waals surface area contributed by atoms with Crippen LogP contribution in [0.2, 0.25) is 0 Å². The lowest BCUT2D eigenvalue weighted by Crippen LogP contribution is -2.33. The molecule has 4 heteroatoms. The summed E-state index contributed by atoms with van der Waals surface area (Å²) >= 11 is 0. The van der Waals surface area contributed by atoms with E-state index in [1.54, 1.807) is 6.07 Å². The SMILES string of the molecule is CCN(CC)CC(=O)Nc1c(C)ccc(C=O)c1C. The van der Waals surface area contributed by atoms with Gasteiger partial charge in [-0.2, -0.15) is 0 Å². The standard InChI is InChI=1S/C15H22N2O2/c1-5-17(6-2)9-14(19)16-15-11(3)7-8-13(10-18)12(15)4/h7-8,10H,5-6,9H2,1-4H3,(H,16,19). The second-order valence-corrected chi connectivity index (χ2v) is 4.60. The number of carbonyl (C=O) groups excluding carboxylic acids is 2. The first-order chi connectivity index (χ1) is 9.03. The van der Waals surface area contributed by atoms with Crippen LogP contribution in [0, 0.1) is 13.8 Å². The molecule has 0 aliphatic heterocycles. The van der Waals surface area contributed by atoms with E-state index in [1.807, 2.05) is 38.7 Å². The molecule has 0 unspecified atom stereocenters. The predicted molar refractivity (Wildman–Crippen MR) is 77.7 cm³/mol. The van der Waals surface area contributed by atoms with Crippen molar-refractivity contribution in [1.82, 2.24) is 4.90 Å². The summed E-state index contributed by atoms with van der Waals surface area (Å²) in [6.45, 7) is 9.89. The summed E-state index contributed by atoms with van der Waals surface area (Å²) in [7, 11) is 0.